The number of anilines is 2. The third kappa shape index (κ3) is 2.37. The summed E-state index contributed by atoms with van der Waals surface area (Å²) >= 11 is 1.12. The number of hydrogen-bond acceptors (Lipinski definition) is 6. The van der Waals surface area contributed by atoms with Crippen molar-refractivity contribution in [3.05, 3.63) is 5.56 Å². The lowest BCUT2D eigenvalue weighted by molar-refractivity contribution is 0.100. The Bertz CT molecular complexity index is 352. The van der Waals surface area contributed by atoms with Crippen LogP contribution in [0.25, 0.3) is 0 Å². The van der Waals surface area contributed by atoms with Crippen LogP contribution < -0.4 is 16.4 Å². The molecule has 1 aromatic rings. The first-order valence-corrected chi connectivity index (χ1v) is 5.29. The van der Waals surface area contributed by atoms with Crippen LogP contribution in [0, 0.1) is 0 Å². The quantitative estimate of drug-likeness (QED) is 0.640. The first-order valence-electron chi connectivity index (χ1n) is 4.52. The molecule has 0 unspecified atom stereocenters. The van der Waals surface area contributed by atoms with Gasteiger partial charge in [0.25, 0.3) is 5.91 Å². The molecule has 1 rings (SSSR count). The van der Waals surface area contributed by atoms with E-state index in [4.69, 9.17) is 16.6 Å². The molecular weight excluding hydrogens is 216 g/mol. The van der Waals surface area contributed by atoms with Gasteiger partial charge in [0.15, 0.2) is 5.82 Å². The maximum atomic E-state index is 11.1. The number of nitrogen functional groups attached to an aromatic ring is 1. The highest BCUT2D eigenvalue weighted by Crippen LogP contribution is 2.29. The third-order valence-electron chi connectivity index (χ3n) is 1.99. The van der Waals surface area contributed by atoms with Crippen molar-refractivity contribution in [2.45, 2.75) is 6.92 Å². The van der Waals surface area contributed by atoms with Crippen LogP contribution in [0.1, 0.15) is 17.3 Å². The molecular formula is C8H14N4O2S. The molecule has 15 heavy (non-hydrogen) atoms. The molecule has 1 heterocycles. The van der Waals surface area contributed by atoms with Crippen LogP contribution in [-0.2, 0) is 0 Å². The van der Waals surface area contributed by atoms with E-state index in [2.05, 4.69) is 4.37 Å². The molecule has 0 spiro atoms. The lowest BCUT2D eigenvalue weighted by Crippen LogP contribution is -2.28. The smallest absolute Gasteiger partial charge is 0.255 e. The highest BCUT2D eigenvalue weighted by Gasteiger charge is 2.20. The van der Waals surface area contributed by atoms with Gasteiger partial charge in [-0.1, -0.05) is 0 Å². The van der Waals surface area contributed by atoms with Crippen LogP contribution in [-0.4, -0.2) is 35.1 Å². The summed E-state index contributed by atoms with van der Waals surface area (Å²) in [5, 5.41) is 9.48. The summed E-state index contributed by atoms with van der Waals surface area (Å²) in [6, 6.07) is 0. The monoisotopic (exact) mass is 230 g/mol. The summed E-state index contributed by atoms with van der Waals surface area (Å²) in [7, 11) is 0. The van der Waals surface area contributed by atoms with Crippen molar-refractivity contribution < 1.29 is 9.90 Å². The molecule has 6 nitrogen and oxygen atoms in total. The average molecular weight is 230 g/mol. The Hall–Kier alpha value is -1.34. The number of aliphatic hydroxyl groups is 1. The van der Waals surface area contributed by atoms with Gasteiger partial charge in [0.2, 0.25) is 0 Å². The molecule has 7 heteroatoms. The van der Waals surface area contributed by atoms with Crippen LogP contribution in [0.3, 0.4) is 0 Å². The number of primary amides is 1. The molecule has 0 fully saturated rings. The number of amides is 1. The zero-order chi connectivity index (χ0) is 11.4. The maximum absolute atomic E-state index is 11.1. The second-order valence-electron chi connectivity index (χ2n) is 2.92. The number of carbonyl (C=O) groups is 1. The number of aromatic nitrogens is 1. The Morgan fingerprint density at radius 1 is 1.67 bits per heavy atom. The minimum Gasteiger partial charge on any atom is -0.395 e. The van der Waals surface area contributed by atoms with Crippen LogP contribution in [0.2, 0.25) is 0 Å². The molecule has 0 atom stereocenters. The van der Waals surface area contributed by atoms with E-state index in [9.17, 15) is 4.79 Å². The fourth-order valence-electron chi connectivity index (χ4n) is 1.26. The number of carbonyl (C=O) groups excluding carboxylic acids is 1. The van der Waals surface area contributed by atoms with E-state index in [0.717, 1.165) is 11.5 Å². The molecule has 0 radical (unpaired) electrons. The van der Waals surface area contributed by atoms with Crippen molar-refractivity contribution >= 4 is 28.3 Å². The standard InChI is InChI=1S/C8H14N4O2S/c1-2-12(3-4-13)8-5(7(10)14)6(9)11-15-8/h13H,2-4H2,1H3,(H2,9,11)(H2,10,14). The number of rotatable bonds is 5. The van der Waals surface area contributed by atoms with Gasteiger partial charge in [0.05, 0.1) is 6.61 Å². The third-order valence-corrected chi connectivity index (χ3v) is 2.91. The number of hydrogen-bond donors (Lipinski definition) is 3. The molecule has 1 amide bonds. The number of nitrogens with two attached hydrogens (primary N) is 2. The highest BCUT2D eigenvalue weighted by molar-refractivity contribution is 7.11. The van der Waals surface area contributed by atoms with E-state index < -0.39 is 5.91 Å². The SMILES string of the molecule is CCN(CCO)c1snc(N)c1C(N)=O. The minimum atomic E-state index is -0.590. The molecule has 0 saturated heterocycles. The van der Waals surface area contributed by atoms with Crippen LogP contribution >= 0.6 is 11.5 Å². The molecule has 1 aromatic heterocycles. The second kappa shape index (κ2) is 4.94. The normalized spacial score (nSPS) is 10.3. The Morgan fingerprint density at radius 2 is 2.33 bits per heavy atom. The van der Waals surface area contributed by atoms with E-state index in [1.165, 1.54) is 0 Å². The zero-order valence-corrected chi connectivity index (χ0v) is 9.25. The first-order chi connectivity index (χ1) is 7.11. The summed E-state index contributed by atoms with van der Waals surface area (Å²) in [4.78, 5) is 13.0. The van der Waals surface area contributed by atoms with E-state index >= 15 is 0 Å². The molecule has 0 aliphatic carbocycles. The highest BCUT2D eigenvalue weighted by atomic mass is 32.1. The minimum absolute atomic E-state index is 0.00382. The lowest BCUT2D eigenvalue weighted by Gasteiger charge is -2.20. The summed E-state index contributed by atoms with van der Waals surface area (Å²) in [5.41, 5.74) is 11.0. The number of likely N-dealkylation sites (N-methyl/N-ethyl adjacent to an activating group) is 1. The molecule has 84 valence electrons. The van der Waals surface area contributed by atoms with Gasteiger partial charge >= 0.3 is 0 Å². The fraction of sp³-hybridized carbons (Fsp3) is 0.500. The molecule has 0 saturated carbocycles. The fourth-order valence-corrected chi connectivity index (χ4v) is 2.17. The first kappa shape index (κ1) is 11.7. The number of aliphatic hydroxyl groups excluding tert-OH is 1. The predicted octanol–water partition coefficient (Wildman–Crippen LogP) is -0.357. The molecule has 0 aliphatic heterocycles. The topological polar surface area (TPSA) is 105 Å². The van der Waals surface area contributed by atoms with Gasteiger partial charge in [0, 0.05) is 13.1 Å². The molecule has 0 aromatic carbocycles. The van der Waals surface area contributed by atoms with Gasteiger partial charge in [0.1, 0.15) is 10.6 Å². The van der Waals surface area contributed by atoms with E-state index in [-0.39, 0.29) is 18.0 Å². The van der Waals surface area contributed by atoms with Gasteiger partial charge in [-0.2, -0.15) is 4.37 Å². The van der Waals surface area contributed by atoms with Crippen molar-refractivity contribution in [3.8, 4) is 0 Å². The van der Waals surface area contributed by atoms with E-state index in [1.807, 2.05) is 11.8 Å². The van der Waals surface area contributed by atoms with Crippen molar-refractivity contribution in [2.75, 3.05) is 30.3 Å². The van der Waals surface area contributed by atoms with Crippen LogP contribution in [0.5, 0.6) is 0 Å². The Balaban J connectivity index is 3.06. The van der Waals surface area contributed by atoms with Gasteiger partial charge in [-0.3, -0.25) is 4.79 Å². The summed E-state index contributed by atoms with van der Waals surface area (Å²) < 4.78 is 3.88. The maximum Gasteiger partial charge on any atom is 0.255 e. The van der Waals surface area contributed by atoms with Crippen molar-refractivity contribution in [3.63, 3.8) is 0 Å². The Labute approximate surface area is 91.7 Å². The van der Waals surface area contributed by atoms with Crippen molar-refractivity contribution in [2.24, 2.45) is 5.73 Å². The zero-order valence-electron chi connectivity index (χ0n) is 8.43. The summed E-state index contributed by atoms with van der Waals surface area (Å²) in [6.07, 6.45) is 0. The van der Waals surface area contributed by atoms with E-state index in [1.54, 1.807) is 0 Å². The lowest BCUT2D eigenvalue weighted by atomic mass is 10.3. The summed E-state index contributed by atoms with van der Waals surface area (Å²) in [6.45, 7) is 3.00. The van der Waals surface area contributed by atoms with Gasteiger partial charge < -0.3 is 21.5 Å². The van der Waals surface area contributed by atoms with Gasteiger partial charge in [-0.05, 0) is 18.5 Å². The van der Waals surface area contributed by atoms with Gasteiger partial charge in [-0.25, -0.2) is 0 Å². The van der Waals surface area contributed by atoms with Crippen LogP contribution in [0.4, 0.5) is 10.8 Å². The van der Waals surface area contributed by atoms with Crippen molar-refractivity contribution in [1.29, 1.82) is 0 Å². The van der Waals surface area contributed by atoms with Crippen LogP contribution in [0.15, 0.2) is 0 Å². The number of nitrogens with zero attached hydrogens (tertiary/aromatic N) is 2. The van der Waals surface area contributed by atoms with Gasteiger partial charge in [-0.15, -0.1) is 0 Å². The predicted molar refractivity (Wildman–Crippen MR) is 60.0 cm³/mol. The average Bonchev–Trinajstić information content (AvgIpc) is 2.56. The molecule has 0 aliphatic rings. The Kier molecular flexibility index (Phi) is 3.87. The van der Waals surface area contributed by atoms with E-state index in [0.29, 0.717) is 18.1 Å². The molecule has 0 bridgehead atoms. The second-order valence-corrected chi connectivity index (χ2v) is 3.67. The Morgan fingerprint density at radius 3 is 2.80 bits per heavy atom. The van der Waals surface area contributed by atoms with Crippen molar-refractivity contribution in [1.82, 2.24) is 4.37 Å². The molecule has 5 N–H and O–H groups in total. The summed E-state index contributed by atoms with van der Waals surface area (Å²) in [5.74, 6) is -0.438. The largest absolute Gasteiger partial charge is 0.395 e.